The molecular weight excluding hydrogens is 414 g/mol. The molecule has 0 spiro atoms. The average Bonchev–Trinajstić information content (AvgIpc) is 2.76. The monoisotopic (exact) mass is 453 g/mol. The molecule has 2 aromatic carbocycles. The van der Waals surface area contributed by atoms with Gasteiger partial charge in [-0.25, -0.2) is 12.2 Å². The van der Waals surface area contributed by atoms with Crippen LogP contribution in [-0.2, 0) is 21.7 Å². The van der Waals surface area contributed by atoms with Gasteiger partial charge >= 0.3 is 21.7 Å². The van der Waals surface area contributed by atoms with Gasteiger partial charge in [-0.3, -0.25) is 6.58 Å². The number of hydrogen-bond donors (Lipinski definition) is 0. The Hall–Kier alpha value is -2.01. The molecule has 0 bridgehead atoms. The van der Waals surface area contributed by atoms with Crippen molar-refractivity contribution in [1.82, 2.24) is 0 Å². The second-order valence-corrected chi connectivity index (χ2v) is 5.60. The quantitative estimate of drug-likeness (QED) is 0.257. The van der Waals surface area contributed by atoms with Crippen LogP contribution in [0.15, 0.2) is 91.0 Å². The van der Waals surface area contributed by atoms with Gasteiger partial charge < -0.3 is 16.0 Å². The van der Waals surface area contributed by atoms with Crippen molar-refractivity contribution in [2.45, 2.75) is 6.92 Å². The van der Waals surface area contributed by atoms with Crippen molar-refractivity contribution < 1.29 is 21.7 Å². The third-order valence-electron chi connectivity index (χ3n) is 2.59. The second-order valence-electron chi connectivity index (χ2n) is 5.60. The maximum absolute atomic E-state index is 4.93. The Kier molecular flexibility index (Phi) is 41.6. The molecule has 0 unspecified atom stereocenters. The summed E-state index contributed by atoms with van der Waals surface area (Å²) in [5.41, 5.74) is 2.44. The maximum Gasteiger partial charge on any atom is 4.00 e. The number of hydrogen-bond acceptors (Lipinski definition) is 0. The number of benzene rings is 2. The van der Waals surface area contributed by atoms with E-state index >= 15 is 0 Å². The average molecular weight is 453 g/mol. The number of rotatable bonds is 4. The summed E-state index contributed by atoms with van der Waals surface area (Å²) in [5, 5.41) is 10.5. The predicted molar refractivity (Wildman–Crippen MR) is 140 cm³/mol. The van der Waals surface area contributed by atoms with E-state index in [0.717, 1.165) is 0 Å². The molecule has 0 heterocycles. The Morgan fingerprint density at radius 2 is 0.871 bits per heavy atom. The van der Waals surface area contributed by atoms with Crippen molar-refractivity contribution >= 4 is 12.2 Å². The molecule has 2 rings (SSSR count). The van der Waals surface area contributed by atoms with Crippen molar-refractivity contribution in [3.63, 3.8) is 0 Å². The molecule has 0 aromatic heterocycles. The molecule has 31 heavy (non-hydrogen) atoms. The second kappa shape index (κ2) is 35.4. The molecule has 2 aromatic rings. The first kappa shape index (κ1) is 36.4. The summed E-state index contributed by atoms with van der Waals surface area (Å²) in [4.78, 5) is 0. The minimum atomic E-state index is 0. The largest absolute Gasteiger partial charge is 4.00 e. The minimum absolute atomic E-state index is 0. The van der Waals surface area contributed by atoms with Gasteiger partial charge in [0.2, 0.25) is 0 Å². The summed E-state index contributed by atoms with van der Waals surface area (Å²) in [6, 6.07) is 20.6. The normalized spacial score (nSPS) is 9.00. The molecular formula is C27H39N3Ti. The van der Waals surface area contributed by atoms with E-state index in [1.165, 1.54) is 17.2 Å². The molecule has 166 valence electrons. The van der Waals surface area contributed by atoms with E-state index in [9.17, 15) is 0 Å². The van der Waals surface area contributed by atoms with Gasteiger partial charge in [0, 0.05) is 0 Å². The predicted octanol–water partition coefficient (Wildman–Crippen LogP) is 7.82. The standard InChI is InChI=1S/C16H14.C5H7.3C2H6N.Ti/c1-3-9-15(10-4-1)13-7-8-14-16-11-5-2-6-12-16;1-3-5-4-2;3*1-3-2;/h1-14H;1,3-5H,2H3;3*1-2H3;/q;4*-1;+4. The van der Waals surface area contributed by atoms with Crippen LogP contribution < -0.4 is 0 Å². The summed E-state index contributed by atoms with van der Waals surface area (Å²) in [5.74, 6) is 0. The van der Waals surface area contributed by atoms with Gasteiger partial charge in [-0.1, -0.05) is 91.9 Å². The van der Waals surface area contributed by atoms with Crippen LogP contribution in [0.3, 0.4) is 0 Å². The van der Waals surface area contributed by atoms with Gasteiger partial charge in [0.25, 0.3) is 0 Å². The molecule has 4 heteroatoms. The first-order valence-corrected chi connectivity index (χ1v) is 9.66. The molecule has 0 aliphatic rings. The maximum atomic E-state index is 4.93. The Labute approximate surface area is 207 Å². The van der Waals surface area contributed by atoms with Crippen molar-refractivity contribution in [2.75, 3.05) is 42.3 Å². The van der Waals surface area contributed by atoms with Crippen molar-refractivity contribution in [3.05, 3.63) is 125 Å². The van der Waals surface area contributed by atoms with Crippen molar-refractivity contribution in [2.24, 2.45) is 0 Å². The Morgan fingerprint density at radius 3 is 1.06 bits per heavy atom. The molecule has 0 fully saturated rings. The van der Waals surface area contributed by atoms with Crippen LogP contribution in [0.2, 0.25) is 0 Å². The Morgan fingerprint density at radius 1 is 0.581 bits per heavy atom. The zero-order chi connectivity index (χ0) is 23.3. The molecule has 0 atom stereocenters. The third kappa shape index (κ3) is 35.8. The fraction of sp³-hybridized carbons (Fsp3) is 0.259. The van der Waals surface area contributed by atoms with E-state index in [-0.39, 0.29) is 21.7 Å². The van der Waals surface area contributed by atoms with Crippen LogP contribution >= 0.6 is 0 Å². The fourth-order valence-electron chi connectivity index (χ4n) is 1.57. The van der Waals surface area contributed by atoms with E-state index in [1.807, 2.05) is 49.4 Å². The summed E-state index contributed by atoms with van der Waals surface area (Å²) in [6.07, 6.45) is 13.5. The number of nitrogens with zero attached hydrogens (tertiary/aromatic N) is 3. The first-order chi connectivity index (χ1) is 14.6. The van der Waals surface area contributed by atoms with Gasteiger partial charge in [-0.15, -0.1) is 0 Å². The zero-order valence-corrected chi connectivity index (χ0v) is 21.8. The SMILES string of the molecule is C(C=Cc1ccccc1)=Cc1ccccc1.C[N-]C.C[N-]C.C[N-]C.[CH-]=CC=CC.[Ti+4]. The molecule has 0 radical (unpaired) electrons. The molecule has 3 nitrogen and oxygen atoms in total. The van der Waals surface area contributed by atoms with E-state index in [2.05, 4.69) is 64.5 Å². The van der Waals surface area contributed by atoms with E-state index < -0.39 is 0 Å². The summed E-state index contributed by atoms with van der Waals surface area (Å²) < 4.78 is 0. The van der Waals surface area contributed by atoms with Gasteiger partial charge in [0.05, 0.1) is 0 Å². The Balaban J connectivity index is -0.000000203. The minimum Gasteiger partial charge on any atom is -0.668 e. The van der Waals surface area contributed by atoms with Crippen LogP contribution in [0.1, 0.15) is 18.1 Å². The van der Waals surface area contributed by atoms with Crippen molar-refractivity contribution in [1.29, 1.82) is 0 Å². The first-order valence-electron chi connectivity index (χ1n) is 9.66. The van der Waals surface area contributed by atoms with E-state index in [1.54, 1.807) is 48.4 Å². The molecule has 0 N–H and O–H groups in total. The van der Waals surface area contributed by atoms with Crippen LogP contribution in [0.25, 0.3) is 28.1 Å². The molecule has 0 amide bonds. The van der Waals surface area contributed by atoms with Crippen LogP contribution in [-0.4, -0.2) is 42.3 Å². The molecule has 0 aliphatic heterocycles. The molecule has 0 saturated heterocycles. The topological polar surface area (TPSA) is 42.3 Å². The van der Waals surface area contributed by atoms with Gasteiger partial charge in [-0.2, -0.15) is 48.4 Å². The van der Waals surface area contributed by atoms with Crippen LogP contribution in [0.4, 0.5) is 0 Å². The van der Waals surface area contributed by atoms with Gasteiger partial charge in [0.1, 0.15) is 0 Å². The van der Waals surface area contributed by atoms with Crippen LogP contribution in [0, 0.1) is 6.58 Å². The van der Waals surface area contributed by atoms with Crippen molar-refractivity contribution in [3.8, 4) is 0 Å². The van der Waals surface area contributed by atoms with Gasteiger partial charge in [0.15, 0.2) is 0 Å². The molecule has 0 aliphatic carbocycles. The zero-order valence-electron chi connectivity index (χ0n) is 20.2. The third-order valence-corrected chi connectivity index (χ3v) is 2.59. The smallest absolute Gasteiger partial charge is 0.668 e. The van der Waals surface area contributed by atoms with Gasteiger partial charge in [-0.05, 0) is 11.1 Å². The summed E-state index contributed by atoms with van der Waals surface area (Å²) in [7, 11) is 10.5. The van der Waals surface area contributed by atoms with E-state index in [4.69, 9.17) is 6.58 Å². The summed E-state index contributed by atoms with van der Waals surface area (Å²) >= 11 is 0. The fourth-order valence-corrected chi connectivity index (χ4v) is 1.57. The van der Waals surface area contributed by atoms with E-state index in [0.29, 0.717) is 0 Å². The molecule has 0 saturated carbocycles. The van der Waals surface area contributed by atoms with Crippen LogP contribution in [0.5, 0.6) is 0 Å². The Bertz CT molecular complexity index is 584. The number of allylic oxidation sites excluding steroid dienone is 5. The summed E-state index contributed by atoms with van der Waals surface area (Å²) in [6.45, 7) is 6.85.